The molecule has 8 heteroatoms. The fourth-order valence-corrected chi connectivity index (χ4v) is 3.51. The number of hydrogen-bond donors (Lipinski definition) is 1. The predicted octanol–water partition coefficient (Wildman–Crippen LogP) is 4.86. The molecule has 0 bridgehead atoms. The van der Waals surface area contributed by atoms with Crippen LogP contribution in [0.4, 0.5) is 0 Å². The predicted molar refractivity (Wildman–Crippen MR) is 121 cm³/mol. The van der Waals surface area contributed by atoms with Gasteiger partial charge >= 0.3 is 0 Å². The number of carbonyl (C=O) groups is 2. The number of aryl methyl sites for hydroxylation is 1. The zero-order chi connectivity index (χ0) is 22.4. The Morgan fingerprint density at radius 2 is 1.87 bits per heavy atom. The molecule has 1 atom stereocenters. The van der Waals surface area contributed by atoms with Crippen molar-refractivity contribution in [2.45, 2.75) is 25.8 Å². The number of likely N-dealkylation sites (N-methyl/N-ethyl adjacent to an activating group) is 1. The molecule has 1 aromatic heterocycles. The topological polar surface area (TPSA) is 75.4 Å². The first-order valence-electron chi connectivity index (χ1n) is 9.87. The molecule has 6 nitrogen and oxygen atoms in total. The monoisotopic (exact) mass is 459 g/mol. The van der Waals surface area contributed by atoms with Crippen LogP contribution in [-0.2, 0) is 11.2 Å². The maximum absolute atomic E-state index is 12.6. The van der Waals surface area contributed by atoms with E-state index in [1.54, 1.807) is 37.1 Å². The average molecular weight is 460 g/mol. The van der Waals surface area contributed by atoms with Crippen molar-refractivity contribution in [3.63, 3.8) is 0 Å². The SMILES string of the molecule is CC(NC(=O)c1cccc(Cl)c1Cl)C(=O)N(C)CCCc1cc(-c2ccccc2)no1. The number of hydrogen-bond acceptors (Lipinski definition) is 4. The van der Waals surface area contributed by atoms with E-state index in [-0.39, 0.29) is 21.5 Å². The van der Waals surface area contributed by atoms with E-state index in [0.29, 0.717) is 19.4 Å². The van der Waals surface area contributed by atoms with E-state index in [0.717, 1.165) is 17.0 Å². The molecular formula is C23H23Cl2N3O3. The van der Waals surface area contributed by atoms with E-state index in [9.17, 15) is 9.59 Å². The highest BCUT2D eigenvalue weighted by atomic mass is 35.5. The largest absolute Gasteiger partial charge is 0.361 e. The highest BCUT2D eigenvalue weighted by Gasteiger charge is 2.21. The number of amides is 2. The highest BCUT2D eigenvalue weighted by molar-refractivity contribution is 6.43. The average Bonchev–Trinajstić information content (AvgIpc) is 3.24. The summed E-state index contributed by atoms with van der Waals surface area (Å²) in [5, 5.41) is 7.22. The van der Waals surface area contributed by atoms with Gasteiger partial charge in [0.05, 0.1) is 15.6 Å². The Bertz CT molecular complexity index is 1050. The first-order chi connectivity index (χ1) is 14.9. The van der Waals surface area contributed by atoms with Gasteiger partial charge in [-0.15, -0.1) is 0 Å². The number of aromatic nitrogens is 1. The summed E-state index contributed by atoms with van der Waals surface area (Å²) in [6.45, 7) is 2.15. The Morgan fingerprint density at radius 3 is 2.61 bits per heavy atom. The molecule has 2 amide bonds. The molecule has 31 heavy (non-hydrogen) atoms. The molecule has 0 saturated heterocycles. The number of benzene rings is 2. The van der Waals surface area contributed by atoms with Crippen LogP contribution in [-0.4, -0.2) is 41.5 Å². The highest BCUT2D eigenvalue weighted by Crippen LogP contribution is 2.25. The van der Waals surface area contributed by atoms with E-state index in [1.165, 1.54) is 0 Å². The summed E-state index contributed by atoms with van der Waals surface area (Å²) in [6, 6.07) is 15.8. The fourth-order valence-electron chi connectivity index (χ4n) is 3.12. The van der Waals surface area contributed by atoms with Gasteiger partial charge in [-0.1, -0.05) is 64.8 Å². The maximum atomic E-state index is 12.6. The minimum absolute atomic E-state index is 0.164. The number of nitrogens with one attached hydrogen (secondary N) is 1. The lowest BCUT2D eigenvalue weighted by atomic mass is 10.1. The molecule has 0 aliphatic heterocycles. The lowest BCUT2D eigenvalue weighted by Gasteiger charge is -2.22. The standard InChI is InChI=1S/C23H23Cl2N3O3/c1-15(26-22(29)18-11-6-12-19(24)21(18)25)23(30)28(2)13-7-10-17-14-20(27-31-17)16-8-4-3-5-9-16/h3-6,8-9,11-12,14-15H,7,10,13H2,1-2H3,(H,26,29). The van der Waals surface area contributed by atoms with Crippen molar-refractivity contribution >= 4 is 35.0 Å². The van der Waals surface area contributed by atoms with Crippen LogP contribution in [0.3, 0.4) is 0 Å². The minimum atomic E-state index is -0.706. The van der Waals surface area contributed by atoms with Crippen LogP contribution in [0.5, 0.6) is 0 Å². The summed E-state index contributed by atoms with van der Waals surface area (Å²) >= 11 is 12.0. The van der Waals surface area contributed by atoms with Crippen molar-refractivity contribution in [2.75, 3.05) is 13.6 Å². The quantitative estimate of drug-likeness (QED) is 0.521. The number of rotatable bonds is 8. The molecule has 1 N–H and O–H groups in total. The van der Waals surface area contributed by atoms with Gasteiger partial charge in [-0.25, -0.2) is 0 Å². The minimum Gasteiger partial charge on any atom is -0.361 e. The molecule has 0 aliphatic carbocycles. The van der Waals surface area contributed by atoms with Crippen molar-refractivity contribution in [3.8, 4) is 11.3 Å². The third-order valence-corrected chi connectivity index (χ3v) is 5.65. The number of nitrogens with zero attached hydrogens (tertiary/aromatic N) is 2. The van der Waals surface area contributed by atoms with Crippen molar-refractivity contribution < 1.29 is 14.1 Å². The smallest absolute Gasteiger partial charge is 0.253 e. The van der Waals surface area contributed by atoms with E-state index in [4.69, 9.17) is 27.7 Å². The second kappa shape index (κ2) is 10.5. The van der Waals surface area contributed by atoms with Crippen LogP contribution in [0.1, 0.15) is 29.5 Å². The third kappa shape index (κ3) is 5.87. The molecule has 0 aliphatic rings. The van der Waals surface area contributed by atoms with Crippen molar-refractivity contribution in [1.29, 1.82) is 0 Å². The Labute approximate surface area is 191 Å². The van der Waals surface area contributed by atoms with Crippen molar-refractivity contribution in [2.24, 2.45) is 0 Å². The van der Waals surface area contributed by atoms with Gasteiger partial charge in [0.15, 0.2) is 0 Å². The summed E-state index contributed by atoms with van der Waals surface area (Å²) in [5.74, 6) is 0.113. The molecular weight excluding hydrogens is 437 g/mol. The van der Waals surface area contributed by atoms with Crippen LogP contribution in [0.2, 0.25) is 10.0 Å². The van der Waals surface area contributed by atoms with Crippen LogP contribution in [0, 0.1) is 0 Å². The number of carbonyl (C=O) groups excluding carboxylic acids is 2. The molecule has 1 unspecified atom stereocenters. The van der Waals surface area contributed by atoms with Gasteiger partial charge in [-0.3, -0.25) is 9.59 Å². The Morgan fingerprint density at radius 1 is 1.13 bits per heavy atom. The summed E-state index contributed by atoms with van der Waals surface area (Å²) in [5.41, 5.74) is 2.02. The first kappa shape index (κ1) is 22.8. The zero-order valence-corrected chi connectivity index (χ0v) is 18.8. The summed E-state index contributed by atoms with van der Waals surface area (Å²) in [7, 11) is 1.70. The molecule has 3 aromatic rings. The maximum Gasteiger partial charge on any atom is 0.253 e. The molecule has 3 rings (SSSR count). The van der Waals surface area contributed by atoms with E-state index in [2.05, 4.69) is 10.5 Å². The van der Waals surface area contributed by atoms with Gasteiger partial charge < -0.3 is 14.7 Å². The van der Waals surface area contributed by atoms with Crippen LogP contribution >= 0.6 is 23.2 Å². The summed E-state index contributed by atoms with van der Waals surface area (Å²) in [4.78, 5) is 26.6. The Balaban J connectivity index is 1.48. The van der Waals surface area contributed by atoms with Gasteiger partial charge in [0, 0.05) is 31.6 Å². The summed E-state index contributed by atoms with van der Waals surface area (Å²) in [6.07, 6.45) is 1.35. The zero-order valence-electron chi connectivity index (χ0n) is 17.3. The molecule has 0 spiro atoms. The number of halogens is 2. The van der Waals surface area contributed by atoms with E-state index < -0.39 is 11.9 Å². The van der Waals surface area contributed by atoms with Gasteiger partial charge in [0.25, 0.3) is 5.91 Å². The summed E-state index contributed by atoms with van der Waals surface area (Å²) < 4.78 is 5.40. The second-order valence-corrected chi connectivity index (χ2v) is 7.99. The lowest BCUT2D eigenvalue weighted by Crippen LogP contribution is -2.45. The van der Waals surface area contributed by atoms with Crippen LogP contribution in [0.15, 0.2) is 59.1 Å². The van der Waals surface area contributed by atoms with Gasteiger partial charge in [0.2, 0.25) is 5.91 Å². The lowest BCUT2D eigenvalue weighted by molar-refractivity contribution is -0.131. The normalized spacial score (nSPS) is 11.7. The molecule has 2 aromatic carbocycles. The van der Waals surface area contributed by atoms with E-state index >= 15 is 0 Å². The third-order valence-electron chi connectivity index (χ3n) is 4.84. The molecule has 0 saturated carbocycles. The first-order valence-corrected chi connectivity index (χ1v) is 10.6. The molecule has 1 heterocycles. The van der Waals surface area contributed by atoms with Crippen LogP contribution in [0.25, 0.3) is 11.3 Å². The van der Waals surface area contributed by atoms with Crippen molar-refractivity contribution in [1.82, 2.24) is 15.4 Å². The van der Waals surface area contributed by atoms with Crippen LogP contribution < -0.4 is 5.32 Å². The van der Waals surface area contributed by atoms with Gasteiger partial charge in [-0.05, 0) is 25.5 Å². The molecule has 162 valence electrons. The Kier molecular flexibility index (Phi) is 7.71. The molecule has 0 fully saturated rings. The molecule has 0 radical (unpaired) electrons. The van der Waals surface area contributed by atoms with Crippen molar-refractivity contribution in [3.05, 3.63) is 76.0 Å². The van der Waals surface area contributed by atoms with Gasteiger partial charge in [0.1, 0.15) is 17.5 Å². The fraction of sp³-hybridized carbons (Fsp3) is 0.261. The second-order valence-electron chi connectivity index (χ2n) is 7.20. The van der Waals surface area contributed by atoms with Gasteiger partial charge in [-0.2, -0.15) is 0 Å². The Hall–Kier alpha value is -2.83. The van der Waals surface area contributed by atoms with E-state index in [1.807, 2.05) is 36.4 Å².